The van der Waals surface area contributed by atoms with Crippen LogP contribution in [0, 0.1) is 0 Å². The van der Waals surface area contributed by atoms with Gasteiger partial charge in [0, 0.05) is 6.08 Å². The molecule has 2 aromatic rings. The number of halogens is 1. The fourth-order valence-electron chi connectivity index (χ4n) is 2.43. The van der Waals surface area contributed by atoms with Gasteiger partial charge in [0.15, 0.2) is 17.2 Å². The lowest BCUT2D eigenvalue weighted by Crippen LogP contribution is -2.10. The molecule has 0 saturated heterocycles. The quantitative estimate of drug-likeness (QED) is 0.642. The van der Waals surface area contributed by atoms with Crippen LogP contribution >= 0.6 is 11.6 Å². The smallest absolute Gasteiger partial charge is 0.335 e. The zero-order valence-corrected chi connectivity index (χ0v) is 16.4. The molecule has 0 bridgehead atoms. The average molecular weight is 406 g/mol. The highest BCUT2D eigenvalue weighted by atomic mass is 35.5. The maximum absolute atomic E-state index is 12.3. The van der Waals surface area contributed by atoms with Gasteiger partial charge >= 0.3 is 5.97 Å². The highest BCUT2D eigenvalue weighted by Gasteiger charge is 2.15. The van der Waals surface area contributed by atoms with E-state index in [9.17, 15) is 9.59 Å². The number of methoxy groups -OCH3 is 2. The number of hydrogen-bond acceptors (Lipinski definition) is 5. The molecule has 2 rings (SSSR count). The monoisotopic (exact) mass is 405 g/mol. The summed E-state index contributed by atoms with van der Waals surface area (Å²) in [6, 6.07) is 7.79. The fraction of sp³-hybridized carbons (Fsp3) is 0.200. The number of anilines is 1. The Morgan fingerprint density at radius 3 is 2.50 bits per heavy atom. The molecule has 148 valence electrons. The van der Waals surface area contributed by atoms with Crippen molar-refractivity contribution in [2.75, 3.05) is 26.1 Å². The van der Waals surface area contributed by atoms with Gasteiger partial charge in [-0.05, 0) is 42.8 Å². The number of amides is 1. The van der Waals surface area contributed by atoms with Gasteiger partial charge in [0.2, 0.25) is 5.91 Å². The van der Waals surface area contributed by atoms with Crippen LogP contribution in [0.25, 0.3) is 6.08 Å². The van der Waals surface area contributed by atoms with Crippen LogP contribution in [-0.4, -0.2) is 37.8 Å². The highest BCUT2D eigenvalue weighted by Crippen LogP contribution is 2.34. The van der Waals surface area contributed by atoms with Gasteiger partial charge in [-0.25, -0.2) is 4.79 Å². The normalized spacial score (nSPS) is 10.6. The zero-order chi connectivity index (χ0) is 20.7. The third-order valence-electron chi connectivity index (χ3n) is 3.67. The summed E-state index contributed by atoms with van der Waals surface area (Å²) in [6.07, 6.45) is 2.89. The third kappa shape index (κ3) is 5.17. The van der Waals surface area contributed by atoms with Gasteiger partial charge in [0.1, 0.15) is 0 Å². The lowest BCUT2D eigenvalue weighted by molar-refractivity contribution is -0.111. The largest absolute Gasteiger partial charge is 0.493 e. The van der Waals surface area contributed by atoms with Gasteiger partial charge in [-0.15, -0.1) is 0 Å². The number of nitrogens with one attached hydrogen (secondary N) is 1. The highest BCUT2D eigenvalue weighted by molar-refractivity contribution is 6.33. The molecule has 0 heterocycles. The van der Waals surface area contributed by atoms with E-state index in [-0.39, 0.29) is 22.0 Å². The predicted molar refractivity (Wildman–Crippen MR) is 107 cm³/mol. The van der Waals surface area contributed by atoms with Crippen LogP contribution < -0.4 is 19.5 Å². The number of ether oxygens (including phenoxy) is 3. The molecular formula is C20H20ClNO6. The van der Waals surface area contributed by atoms with Crippen LogP contribution in [0.1, 0.15) is 22.8 Å². The fourth-order valence-corrected chi connectivity index (χ4v) is 2.72. The van der Waals surface area contributed by atoms with Crippen LogP contribution in [0.3, 0.4) is 0 Å². The number of hydrogen-bond donors (Lipinski definition) is 2. The van der Waals surface area contributed by atoms with Crippen LogP contribution in [0.5, 0.6) is 17.2 Å². The Labute approximate surface area is 167 Å². The summed E-state index contributed by atoms with van der Waals surface area (Å²) in [5, 5.41) is 11.8. The standard InChI is InChI=1S/C20H20ClNO6/c1-4-28-16-7-5-12(9-17(16)26-2)6-8-18(23)22-15-11-13(20(24)25)10-14(21)19(15)27-3/h5-11H,4H2,1-3H3,(H,22,23)(H,24,25)/b8-6+. The average Bonchev–Trinajstić information content (AvgIpc) is 2.67. The van der Waals surface area contributed by atoms with Crippen molar-refractivity contribution in [3.05, 3.63) is 52.6 Å². The molecule has 0 spiro atoms. The Balaban J connectivity index is 2.21. The molecule has 0 radical (unpaired) electrons. The van der Waals surface area contributed by atoms with Crippen molar-refractivity contribution in [2.45, 2.75) is 6.92 Å². The van der Waals surface area contributed by atoms with Gasteiger partial charge in [-0.3, -0.25) is 4.79 Å². The summed E-state index contributed by atoms with van der Waals surface area (Å²) in [6.45, 7) is 2.38. The number of carbonyl (C=O) groups is 2. The topological polar surface area (TPSA) is 94.1 Å². The SMILES string of the molecule is CCOc1ccc(/C=C/C(=O)Nc2cc(C(=O)O)cc(Cl)c2OC)cc1OC. The molecule has 0 atom stereocenters. The predicted octanol–water partition coefficient (Wildman–Crippen LogP) is 4.11. The molecule has 0 aliphatic rings. The zero-order valence-electron chi connectivity index (χ0n) is 15.6. The Morgan fingerprint density at radius 1 is 1.14 bits per heavy atom. The number of carboxylic acid groups (broad SMARTS) is 1. The van der Waals surface area contributed by atoms with E-state index in [0.29, 0.717) is 18.1 Å². The van der Waals surface area contributed by atoms with Gasteiger partial charge in [0.05, 0.1) is 37.1 Å². The molecule has 1 amide bonds. The van der Waals surface area contributed by atoms with E-state index in [1.807, 2.05) is 6.92 Å². The first kappa shape index (κ1) is 21.1. The first-order chi connectivity index (χ1) is 13.4. The van der Waals surface area contributed by atoms with Crippen LogP contribution in [-0.2, 0) is 4.79 Å². The van der Waals surface area contributed by atoms with E-state index in [2.05, 4.69) is 5.32 Å². The molecule has 0 unspecified atom stereocenters. The van der Waals surface area contributed by atoms with Gasteiger partial charge in [-0.1, -0.05) is 17.7 Å². The Hall–Kier alpha value is -3.19. The van der Waals surface area contributed by atoms with E-state index in [1.54, 1.807) is 24.3 Å². The first-order valence-corrected chi connectivity index (χ1v) is 8.68. The number of carboxylic acids is 1. The second kappa shape index (κ2) is 9.66. The van der Waals surface area contributed by atoms with Crippen LogP contribution in [0.4, 0.5) is 5.69 Å². The number of rotatable bonds is 8. The first-order valence-electron chi connectivity index (χ1n) is 8.30. The maximum atomic E-state index is 12.3. The van der Waals surface area contributed by atoms with Crippen molar-refractivity contribution in [1.82, 2.24) is 0 Å². The molecule has 0 aliphatic carbocycles. The van der Waals surface area contributed by atoms with Crippen molar-refractivity contribution in [1.29, 1.82) is 0 Å². The molecule has 0 fully saturated rings. The molecule has 0 aromatic heterocycles. The van der Waals surface area contributed by atoms with Crippen LogP contribution in [0.15, 0.2) is 36.4 Å². The van der Waals surface area contributed by atoms with E-state index >= 15 is 0 Å². The number of benzene rings is 2. The summed E-state index contributed by atoms with van der Waals surface area (Å²) >= 11 is 6.03. The summed E-state index contributed by atoms with van der Waals surface area (Å²) in [4.78, 5) is 23.5. The van der Waals surface area contributed by atoms with E-state index in [1.165, 1.54) is 32.4 Å². The molecule has 8 heteroatoms. The van der Waals surface area contributed by atoms with Crippen LogP contribution in [0.2, 0.25) is 5.02 Å². The van der Waals surface area contributed by atoms with E-state index in [4.69, 9.17) is 30.9 Å². The minimum absolute atomic E-state index is 0.0682. The molecule has 2 aromatic carbocycles. The summed E-state index contributed by atoms with van der Waals surface area (Å²) in [5.41, 5.74) is 0.812. The minimum Gasteiger partial charge on any atom is -0.493 e. The Morgan fingerprint density at radius 2 is 1.89 bits per heavy atom. The van der Waals surface area contributed by atoms with Crippen molar-refractivity contribution < 1.29 is 28.9 Å². The summed E-state index contributed by atoms with van der Waals surface area (Å²) < 4.78 is 15.9. The molecule has 2 N–H and O–H groups in total. The van der Waals surface area contributed by atoms with Gasteiger partial charge in [0.25, 0.3) is 0 Å². The third-order valence-corrected chi connectivity index (χ3v) is 3.95. The second-order valence-electron chi connectivity index (χ2n) is 5.51. The van der Waals surface area contributed by atoms with Crippen molar-refractivity contribution >= 4 is 35.2 Å². The molecule has 0 saturated carbocycles. The lowest BCUT2D eigenvalue weighted by Gasteiger charge is -2.12. The molecular weight excluding hydrogens is 386 g/mol. The summed E-state index contributed by atoms with van der Waals surface area (Å²) in [7, 11) is 2.91. The number of carbonyl (C=O) groups excluding carboxylic acids is 1. The van der Waals surface area contributed by atoms with E-state index in [0.717, 1.165) is 5.56 Å². The molecule has 28 heavy (non-hydrogen) atoms. The minimum atomic E-state index is -1.17. The molecule has 0 aliphatic heterocycles. The molecule has 7 nitrogen and oxygen atoms in total. The second-order valence-corrected chi connectivity index (χ2v) is 5.92. The van der Waals surface area contributed by atoms with Crippen molar-refractivity contribution in [3.63, 3.8) is 0 Å². The summed E-state index contributed by atoms with van der Waals surface area (Å²) in [5.74, 6) is -0.318. The lowest BCUT2D eigenvalue weighted by atomic mass is 10.1. The van der Waals surface area contributed by atoms with Gasteiger partial charge in [-0.2, -0.15) is 0 Å². The maximum Gasteiger partial charge on any atom is 0.335 e. The van der Waals surface area contributed by atoms with Gasteiger partial charge < -0.3 is 24.6 Å². The number of aromatic carboxylic acids is 1. The van der Waals surface area contributed by atoms with E-state index < -0.39 is 11.9 Å². The van der Waals surface area contributed by atoms with Crippen molar-refractivity contribution in [3.8, 4) is 17.2 Å². The van der Waals surface area contributed by atoms with Crippen molar-refractivity contribution in [2.24, 2.45) is 0 Å². The Bertz CT molecular complexity index is 910. The Kier molecular flexibility index (Phi) is 7.28.